The Hall–Kier alpha value is -2.38. The van der Waals surface area contributed by atoms with Gasteiger partial charge in [0.05, 0.1) is 12.7 Å². The first-order valence-corrected chi connectivity index (χ1v) is 9.68. The molecule has 0 unspecified atom stereocenters. The van der Waals surface area contributed by atoms with Crippen molar-refractivity contribution in [2.24, 2.45) is 0 Å². The van der Waals surface area contributed by atoms with Crippen molar-refractivity contribution in [1.29, 1.82) is 0 Å². The largest absolute Gasteiger partial charge is 0.457 e. The first-order chi connectivity index (χ1) is 11.9. The third-order valence-electron chi connectivity index (χ3n) is 3.77. The smallest absolute Gasteiger partial charge is 0.264 e. The maximum Gasteiger partial charge on any atom is 0.264 e. The summed E-state index contributed by atoms with van der Waals surface area (Å²) in [5.41, 5.74) is 0.939. The van der Waals surface area contributed by atoms with E-state index in [2.05, 4.69) is 0 Å². The second kappa shape index (κ2) is 7.25. The predicted octanol–water partition coefficient (Wildman–Crippen LogP) is 2.56. The molecule has 0 spiro atoms. The zero-order valence-electron chi connectivity index (χ0n) is 13.8. The second-order valence-electron chi connectivity index (χ2n) is 5.96. The summed E-state index contributed by atoms with van der Waals surface area (Å²) in [6, 6.07) is 16.9. The summed E-state index contributed by atoms with van der Waals surface area (Å²) in [6.45, 7) is 0.683. The van der Waals surface area contributed by atoms with Crippen LogP contribution in [0.5, 0.6) is 11.5 Å². The second-order valence-corrected chi connectivity index (χ2v) is 7.56. The van der Waals surface area contributed by atoms with E-state index < -0.39 is 16.2 Å². The zero-order chi connectivity index (χ0) is 17.9. The van der Waals surface area contributed by atoms with E-state index in [1.807, 2.05) is 54.6 Å². The minimum absolute atomic E-state index is 0.0856. The van der Waals surface area contributed by atoms with E-state index in [0.29, 0.717) is 12.3 Å². The van der Waals surface area contributed by atoms with E-state index in [-0.39, 0.29) is 18.9 Å². The molecule has 1 heterocycles. The lowest BCUT2D eigenvalue weighted by atomic mass is 10.2. The number of para-hydroxylation sites is 1. The number of ether oxygens (including phenoxy) is 1. The molecule has 1 amide bonds. The summed E-state index contributed by atoms with van der Waals surface area (Å²) in [5, 5.41) is 0. The molecule has 0 bridgehead atoms. The highest BCUT2D eigenvalue weighted by atomic mass is 32.2. The molecule has 0 N–H and O–H groups in total. The summed E-state index contributed by atoms with van der Waals surface area (Å²) in [6.07, 6.45) is 0.469. The van der Waals surface area contributed by atoms with Gasteiger partial charge in [0, 0.05) is 13.1 Å². The van der Waals surface area contributed by atoms with Gasteiger partial charge in [-0.15, -0.1) is 0 Å². The molecule has 1 aliphatic rings. The van der Waals surface area contributed by atoms with Crippen LogP contribution in [0, 0.1) is 0 Å². The Morgan fingerprint density at radius 1 is 1.04 bits per heavy atom. The first kappa shape index (κ1) is 17.4. The van der Waals surface area contributed by atoms with E-state index in [0.717, 1.165) is 17.6 Å². The van der Waals surface area contributed by atoms with Crippen LogP contribution >= 0.6 is 0 Å². The van der Waals surface area contributed by atoms with Crippen LogP contribution in [-0.2, 0) is 25.6 Å². The molecule has 3 rings (SSSR count). The maximum atomic E-state index is 12.0. The highest BCUT2D eigenvalue weighted by Gasteiger charge is 2.32. The van der Waals surface area contributed by atoms with Crippen LogP contribution in [0.2, 0.25) is 0 Å². The van der Waals surface area contributed by atoms with Gasteiger partial charge in [0.2, 0.25) is 5.91 Å². The van der Waals surface area contributed by atoms with Gasteiger partial charge in [-0.05, 0) is 29.8 Å². The molecule has 0 aromatic heterocycles. The Balaban J connectivity index is 1.59. The van der Waals surface area contributed by atoms with Crippen LogP contribution in [0.1, 0.15) is 12.0 Å². The third kappa shape index (κ3) is 5.04. The molecule has 25 heavy (non-hydrogen) atoms. The predicted molar refractivity (Wildman–Crippen MR) is 92.7 cm³/mol. The molecule has 2 aromatic rings. The first-order valence-electron chi connectivity index (χ1n) is 7.87. The van der Waals surface area contributed by atoms with Gasteiger partial charge >= 0.3 is 0 Å². The third-order valence-corrected chi connectivity index (χ3v) is 4.39. The van der Waals surface area contributed by atoms with Crippen LogP contribution in [-0.4, -0.2) is 38.1 Å². The number of amides is 1. The van der Waals surface area contributed by atoms with Crippen LogP contribution < -0.4 is 4.74 Å². The number of hydrogen-bond donors (Lipinski definition) is 0. The Labute approximate surface area is 147 Å². The fourth-order valence-corrected chi connectivity index (χ4v) is 3.33. The average molecular weight is 361 g/mol. The number of carbonyl (C=O) groups excluding carboxylic acids is 1. The fraction of sp³-hybridized carbons (Fsp3) is 0.278. The molecular formula is C18H19NO5S. The van der Waals surface area contributed by atoms with E-state index in [4.69, 9.17) is 8.92 Å². The highest BCUT2D eigenvalue weighted by molar-refractivity contribution is 7.86. The molecule has 1 aliphatic heterocycles. The van der Waals surface area contributed by atoms with Gasteiger partial charge < -0.3 is 9.64 Å². The number of likely N-dealkylation sites (tertiary alicyclic amines) is 1. The van der Waals surface area contributed by atoms with Crippen LogP contribution in [0.25, 0.3) is 0 Å². The monoisotopic (exact) mass is 361 g/mol. The van der Waals surface area contributed by atoms with Crippen molar-refractivity contribution in [3.05, 3.63) is 60.2 Å². The summed E-state index contributed by atoms with van der Waals surface area (Å²) in [7, 11) is -3.56. The van der Waals surface area contributed by atoms with Crippen molar-refractivity contribution in [3.63, 3.8) is 0 Å². The Morgan fingerprint density at radius 2 is 1.68 bits per heavy atom. The molecular weight excluding hydrogens is 342 g/mol. The van der Waals surface area contributed by atoms with Crippen molar-refractivity contribution in [2.75, 3.05) is 12.8 Å². The molecule has 132 valence electrons. The van der Waals surface area contributed by atoms with E-state index >= 15 is 0 Å². The quantitative estimate of drug-likeness (QED) is 0.740. The van der Waals surface area contributed by atoms with Crippen molar-refractivity contribution < 1.29 is 22.1 Å². The van der Waals surface area contributed by atoms with Gasteiger partial charge in [-0.2, -0.15) is 8.42 Å². The van der Waals surface area contributed by atoms with Gasteiger partial charge in [-0.25, -0.2) is 0 Å². The summed E-state index contributed by atoms with van der Waals surface area (Å²) < 4.78 is 33.0. The van der Waals surface area contributed by atoms with Crippen LogP contribution in [0.15, 0.2) is 54.6 Å². The van der Waals surface area contributed by atoms with E-state index in [1.165, 1.54) is 0 Å². The van der Waals surface area contributed by atoms with E-state index in [1.54, 1.807) is 4.90 Å². The van der Waals surface area contributed by atoms with Crippen molar-refractivity contribution >= 4 is 16.0 Å². The van der Waals surface area contributed by atoms with E-state index in [9.17, 15) is 13.2 Å². The minimum Gasteiger partial charge on any atom is -0.457 e. The molecule has 6 nitrogen and oxygen atoms in total. The van der Waals surface area contributed by atoms with Gasteiger partial charge in [0.25, 0.3) is 10.1 Å². The van der Waals surface area contributed by atoms with Gasteiger partial charge in [-0.3, -0.25) is 8.98 Å². The lowest BCUT2D eigenvalue weighted by Gasteiger charge is -2.16. The maximum absolute atomic E-state index is 12.0. The molecule has 0 saturated carbocycles. The lowest BCUT2D eigenvalue weighted by molar-refractivity contribution is -0.128. The Bertz CT molecular complexity index is 834. The zero-order valence-corrected chi connectivity index (χ0v) is 14.6. The van der Waals surface area contributed by atoms with Crippen molar-refractivity contribution in [2.45, 2.75) is 19.1 Å². The summed E-state index contributed by atoms with van der Waals surface area (Å²) in [5.74, 6) is 1.35. The molecule has 1 saturated heterocycles. The molecule has 2 aromatic carbocycles. The average Bonchev–Trinajstić information content (AvgIpc) is 2.87. The fourth-order valence-electron chi connectivity index (χ4n) is 2.71. The normalized spacial score (nSPS) is 17.7. The van der Waals surface area contributed by atoms with Crippen molar-refractivity contribution in [3.8, 4) is 11.5 Å². The molecule has 7 heteroatoms. The summed E-state index contributed by atoms with van der Waals surface area (Å²) in [4.78, 5) is 13.6. The highest BCUT2D eigenvalue weighted by Crippen LogP contribution is 2.23. The SMILES string of the molecule is CS(=O)(=O)O[C@H]1CC(=O)N(Cc2ccc(Oc3ccccc3)cc2)C1. The molecule has 1 fully saturated rings. The van der Waals surface area contributed by atoms with Gasteiger partial charge in [-0.1, -0.05) is 30.3 Å². The molecule has 0 radical (unpaired) electrons. The summed E-state index contributed by atoms with van der Waals surface area (Å²) >= 11 is 0. The Morgan fingerprint density at radius 3 is 2.32 bits per heavy atom. The number of carbonyl (C=O) groups is 1. The Kier molecular flexibility index (Phi) is 5.06. The lowest BCUT2D eigenvalue weighted by Crippen LogP contribution is -2.26. The van der Waals surface area contributed by atoms with Crippen LogP contribution in [0.4, 0.5) is 0 Å². The van der Waals surface area contributed by atoms with Gasteiger partial charge in [0.15, 0.2) is 0 Å². The van der Waals surface area contributed by atoms with Gasteiger partial charge in [0.1, 0.15) is 17.6 Å². The minimum atomic E-state index is -3.56. The number of hydrogen-bond acceptors (Lipinski definition) is 5. The van der Waals surface area contributed by atoms with Crippen molar-refractivity contribution in [1.82, 2.24) is 4.90 Å². The molecule has 1 atom stereocenters. The number of benzene rings is 2. The number of rotatable bonds is 6. The van der Waals surface area contributed by atoms with Crippen LogP contribution in [0.3, 0.4) is 0 Å². The topological polar surface area (TPSA) is 72.9 Å². The standard InChI is InChI=1S/C18H19NO5S/c1-25(21,22)24-17-11-18(20)19(13-17)12-14-7-9-16(10-8-14)23-15-5-3-2-4-6-15/h2-10,17H,11-13H2,1H3/t17-/m0/s1. The number of nitrogens with zero attached hydrogens (tertiary/aromatic N) is 1. The molecule has 0 aliphatic carbocycles.